The van der Waals surface area contributed by atoms with Gasteiger partial charge in [0.1, 0.15) is 0 Å². The predicted octanol–water partition coefficient (Wildman–Crippen LogP) is 4.29. The molecule has 1 aromatic heterocycles. The molecule has 2 aromatic rings. The highest BCUT2D eigenvalue weighted by atomic mass is 32.1. The largest absolute Gasteiger partial charge is 0.493 e. The Hall–Kier alpha value is -2.25. The van der Waals surface area contributed by atoms with Crippen molar-refractivity contribution >= 4 is 17.3 Å². The van der Waals surface area contributed by atoms with E-state index in [-0.39, 0.29) is 0 Å². The smallest absolute Gasteiger partial charge is 0.191 e. The van der Waals surface area contributed by atoms with Crippen molar-refractivity contribution in [2.45, 2.75) is 39.3 Å². The lowest BCUT2D eigenvalue weighted by Gasteiger charge is -2.39. The fraction of sp³-hybridized carbons (Fsp3) is 0.542. The molecule has 1 fully saturated rings. The molecule has 0 amide bonds. The highest BCUT2D eigenvalue weighted by Crippen LogP contribution is 2.36. The van der Waals surface area contributed by atoms with Gasteiger partial charge >= 0.3 is 0 Å². The molecular weight excluding hydrogens is 408 g/mol. The van der Waals surface area contributed by atoms with Gasteiger partial charge in [-0.25, -0.2) is 4.99 Å². The average Bonchev–Trinajstić information content (AvgIpc) is 3.30. The molecule has 1 saturated heterocycles. The maximum absolute atomic E-state index is 5.70. The number of methoxy groups -OCH3 is 1. The molecule has 170 valence electrons. The summed E-state index contributed by atoms with van der Waals surface area (Å²) in [6.07, 6.45) is 2.47. The first kappa shape index (κ1) is 23.4. The van der Waals surface area contributed by atoms with Crippen LogP contribution in [0.25, 0.3) is 0 Å². The zero-order valence-electron chi connectivity index (χ0n) is 19.2. The van der Waals surface area contributed by atoms with Gasteiger partial charge in [0, 0.05) is 24.0 Å². The Morgan fingerprint density at radius 1 is 1.23 bits per heavy atom. The van der Waals surface area contributed by atoms with Gasteiger partial charge in [0.25, 0.3) is 0 Å². The van der Waals surface area contributed by atoms with Gasteiger partial charge < -0.3 is 20.1 Å². The fourth-order valence-corrected chi connectivity index (χ4v) is 5.19. The number of thiophene rings is 1. The lowest BCUT2D eigenvalue weighted by molar-refractivity contribution is 0.125. The lowest BCUT2D eigenvalue weighted by Crippen LogP contribution is -2.44. The molecule has 7 heteroatoms. The number of hydrogen-bond acceptors (Lipinski definition) is 5. The zero-order valence-corrected chi connectivity index (χ0v) is 20.0. The SMILES string of the molecule is CCNC(=NCc1ccc(OC)c(OCC)c1)NCC1CCCN(C)C1c1cccs1. The van der Waals surface area contributed by atoms with E-state index in [1.807, 2.05) is 36.5 Å². The van der Waals surface area contributed by atoms with E-state index in [4.69, 9.17) is 14.5 Å². The number of likely N-dealkylation sites (tertiary alicyclic amines) is 1. The minimum atomic E-state index is 0.472. The first-order valence-corrected chi connectivity index (χ1v) is 12.1. The Bertz CT molecular complexity index is 825. The molecule has 1 aliphatic heterocycles. The number of hydrogen-bond donors (Lipinski definition) is 2. The van der Waals surface area contributed by atoms with Crippen molar-refractivity contribution < 1.29 is 9.47 Å². The summed E-state index contributed by atoms with van der Waals surface area (Å²) in [5, 5.41) is 9.16. The number of nitrogens with one attached hydrogen (secondary N) is 2. The van der Waals surface area contributed by atoms with E-state index in [9.17, 15) is 0 Å². The van der Waals surface area contributed by atoms with Gasteiger partial charge in [-0.1, -0.05) is 12.1 Å². The quantitative estimate of drug-likeness (QED) is 0.446. The van der Waals surface area contributed by atoms with E-state index in [0.29, 0.717) is 25.1 Å². The minimum absolute atomic E-state index is 0.472. The molecule has 2 atom stereocenters. The van der Waals surface area contributed by atoms with Gasteiger partial charge in [-0.05, 0) is 75.3 Å². The normalized spacial score (nSPS) is 19.8. The van der Waals surface area contributed by atoms with Gasteiger partial charge in [0.05, 0.1) is 20.3 Å². The summed E-state index contributed by atoms with van der Waals surface area (Å²) in [6, 6.07) is 10.9. The van der Waals surface area contributed by atoms with E-state index in [2.05, 4.69) is 47.0 Å². The number of benzene rings is 1. The van der Waals surface area contributed by atoms with Crippen LogP contribution >= 0.6 is 11.3 Å². The van der Waals surface area contributed by atoms with E-state index < -0.39 is 0 Å². The van der Waals surface area contributed by atoms with Crippen molar-refractivity contribution in [3.63, 3.8) is 0 Å². The van der Waals surface area contributed by atoms with Crippen LogP contribution in [-0.4, -0.2) is 51.3 Å². The molecule has 1 aromatic carbocycles. The third-order valence-electron chi connectivity index (χ3n) is 5.67. The minimum Gasteiger partial charge on any atom is -0.493 e. The Kier molecular flexibility index (Phi) is 9.03. The Balaban J connectivity index is 1.66. The van der Waals surface area contributed by atoms with Crippen molar-refractivity contribution in [1.29, 1.82) is 0 Å². The maximum atomic E-state index is 5.70. The van der Waals surface area contributed by atoms with Crippen LogP contribution in [0.4, 0.5) is 0 Å². The molecule has 0 saturated carbocycles. The van der Waals surface area contributed by atoms with Gasteiger partial charge in [-0.3, -0.25) is 4.90 Å². The standard InChI is InChI=1S/C24H36N4O2S/c1-5-25-24(26-16-18-11-12-20(29-4)21(15-18)30-6-2)27-17-19-9-7-13-28(3)23(19)22-10-8-14-31-22/h8,10-12,14-15,19,23H,5-7,9,13,16-17H2,1-4H3,(H2,25,26,27). The van der Waals surface area contributed by atoms with Crippen LogP contribution in [0.3, 0.4) is 0 Å². The number of rotatable bonds is 9. The molecule has 0 spiro atoms. The Labute approximate surface area is 190 Å². The molecular formula is C24H36N4O2S. The average molecular weight is 445 g/mol. The summed E-state index contributed by atoms with van der Waals surface area (Å²) >= 11 is 1.86. The predicted molar refractivity (Wildman–Crippen MR) is 129 cm³/mol. The van der Waals surface area contributed by atoms with Crippen LogP contribution in [-0.2, 0) is 6.54 Å². The summed E-state index contributed by atoms with van der Waals surface area (Å²) in [7, 11) is 3.91. The first-order chi connectivity index (χ1) is 15.2. The molecule has 0 aliphatic carbocycles. The number of ether oxygens (including phenoxy) is 2. The Morgan fingerprint density at radius 3 is 2.81 bits per heavy atom. The van der Waals surface area contributed by atoms with Crippen molar-refractivity contribution in [3.8, 4) is 11.5 Å². The zero-order chi connectivity index (χ0) is 22.1. The third kappa shape index (κ3) is 6.37. The van der Waals surface area contributed by atoms with Crippen LogP contribution in [0, 0.1) is 5.92 Å². The van der Waals surface area contributed by atoms with Crippen molar-refractivity contribution in [2.75, 3.05) is 40.4 Å². The number of piperidine rings is 1. The topological polar surface area (TPSA) is 58.1 Å². The second kappa shape index (κ2) is 12.0. The van der Waals surface area contributed by atoms with Crippen LogP contribution in [0.1, 0.15) is 43.2 Å². The van der Waals surface area contributed by atoms with Gasteiger partial charge in [-0.15, -0.1) is 11.3 Å². The van der Waals surface area contributed by atoms with Gasteiger partial charge in [0.2, 0.25) is 0 Å². The van der Waals surface area contributed by atoms with E-state index >= 15 is 0 Å². The van der Waals surface area contributed by atoms with Crippen molar-refractivity contribution in [2.24, 2.45) is 10.9 Å². The molecule has 6 nitrogen and oxygen atoms in total. The maximum Gasteiger partial charge on any atom is 0.191 e. The van der Waals surface area contributed by atoms with Crippen molar-refractivity contribution in [3.05, 3.63) is 46.2 Å². The van der Waals surface area contributed by atoms with Crippen molar-refractivity contribution in [1.82, 2.24) is 15.5 Å². The van der Waals surface area contributed by atoms with Gasteiger partial charge in [-0.2, -0.15) is 0 Å². The molecule has 2 N–H and O–H groups in total. The molecule has 1 aliphatic rings. The molecule has 0 radical (unpaired) electrons. The molecule has 31 heavy (non-hydrogen) atoms. The van der Waals surface area contributed by atoms with E-state index in [1.165, 1.54) is 17.7 Å². The summed E-state index contributed by atoms with van der Waals surface area (Å²) in [5.74, 6) is 2.93. The number of guanidine groups is 1. The second-order valence-corrected chi connectivity index (χ2v) is 8.82. The fourth-order valence-electron chi connectivity index (χ4n) is 4.21. The summed E-state index contributed by atoms with van der Waals surface area (Å²) < 4.78 is 11.1. The lowest BCUT2D eigenvalue weighted by atomic mass is 9.88. The van der Waals surface area contributed by atoms with E-state index in [0.717, 1.165) is 42.7 Å². The van der Waals surface area contributed by atoms with Crippen LogP contribution in [0.5, 0.6) is 11.5 Å². The van der Waals surface area contributed by atoms with Gasteiger partial charge in [0.15, 0.2) is 17.5 Å². The highest BCUT2D eigenvalue weighted by Gasteiger charge is 2.31. The van der Waals surface area contributed by atoms with Crippen LogP contribution < -0.4 is 20.1 Å². The Morgan fingerprint density at radius 2 is 2.10 bits per heavy atom. The highest BCUT2D eigenvalue weighted by molar-refractivity contribution is 7.10. The third-order valence-corrected chi connectivity index (χ3v) is 6.61. The summed E-state index contributed by atoms with van der Waals surface area (Å²) in [4.78, 5) is 8.77. The second-order valence-electron chi connectivity index (χ2n) is 7.84. The first-order valence-electron chi connectivity index (χ1n) is 11.2. The van der Waals surface area contributed by atoms with Crippen LogP contribution in [0.2, 0.25) is 0 Å². The molecule has 0 bridgehead atoms. The van der Waals surface area contributed by atoms with Crippen LogP contribution in [0.15, 0.2) is 40.7 Å². The number of nitrogens with zero attached hydrogens (tertiary/aromatic N) is 2. The molecule has 2 unspecified atom stereocenters. The monoisotopic (exact) mass is 444 g/mol. The molecule has 3 rings (SSSR count). The number of aliphatic imine (C=N–C) groups is 1. The van der Waals surface area contributed by atoms with E-state index in [1.54, 1.807) is 7.11 Å². The molecule has 2 heterocycles. The summed E-state index contributed by atoms with van der Waals surface area (Å²) in [5.41, 5.74) is 1.09. The summed E-state index contributed by atoms with van der Waals surface area (Å²) in [6.45, 7) is 8.16.